The number of halogens is 1. The van der Waals surface area contributed by atoms with Gasteiger partial charge in [0.2, 0.25) is 0 Å². The van der Waals surface area contributed by atoms with Gasteiger partial charge in [0.05, 0.1) is 16.8 Å². The van der Waals surface area contributed by atoms with Gasteiger partial charge in [-0.05, 0) is 75.4 Å². The fourth-order valence-corrected chi connectivity index (χ4v) is 5.52. The predicted molar refractivity (Wildman–Crippen MR) is 128 cm³/mol. The number of nitrogens with zero attached hydrogens (tertiary/aromatic N) is 1. The van der Waals surface area contributed by atoms with E-state index in [0.29, 0.717) is 17.1 Å². The Labute approximate surface area is 193 Å². The fourth-order valence-electron chi connectivity index (χ4n) is 5.35. The first-order valence-electron chi connectivity index (χ1n) is 11.6. The minimum absolute atomic E-state index is 0.0219. The smallest absolute Gasteiger partial charge is 0.256 e. The molecule has 0 atom stereocenters. The van der Waals surface area contributed by atoms with Gasteiger partial charge >= 0.3 is 0 Å². The number of benzene rings is 1. The van der Waals surface area contributed by atoms with Crippen molar-refractivity contribution in [2.75, 3.05) is 31.5 Å². The minimum atomic E-state index is -0.107. The van der Waals surface area contributed by atoms with Gasteiger partial charge in [0.25, 0.3) is 11.8 Å². The van der Waals surface area contributed by atoms with Crippen LogP contribution in [0.3, 0.4) is 0 Å². The number of likely N-dealkylation sites (tertiary alicyclic amines) is 1. The highest BCUT2D eigenvalue weighted by molar-refractivity contribution is 6.38. The van der Waals surface area contributed by atoms with Crippen molar-refractivity contribution in [3.8, 4) is 0 Å². The van der Waals surface area contributed by atoms with Crippen LogP contribution in [0.5, 0.6) is 0 Å². The molecule has 7 heteroatoms. The molecule has 3 aliphatic rings. The lowest BCUT2D eigenvalue weighted by molar-refractivity contribution is -0.110. The van der Waals surface area contributed by atoms with E-state index in [0.717, 1.165) is 78.2 Å². The molecule has 168 valence electrons. The third-order valence-corrected chi connectivity index (χ3v) is 7.10. The van der Waals surface area contributed by atoms with E-state index in [2.05, 4.69) is 20.5 Å². The van der Waals surface area contributed by atoms with Gasteiger partial charge in [0.15, 0.2) is 0 Å². The molecule has 1 saturated heterocycles. The van der Waals surface area contributed by atoms with E-state index in [-0.39, 0.29) is 11.8 Å². The number of piperidine rings is 1. The summed E-state index contributed by atoms with van der Waals surface area (Å²) in [5.41, 5.74) is 6.87. The normalized spacial score (nSPS) is 20.6. The Morgan fingerprint density at radius 1 is 1.16 bits per heavy atom. The molecular formula is C25H29ClN4O2. The molecule has 1 aliphatic carbocycles. The molecule has 2 aromatic rings. The summed E-state index contributed by atoms with van der Waals surface area (Å²) in [6.07, 6.45) is 6.35. The van der Waals surface area contributed by atoms with Crippen molar-refractivity contribution in [2.45, 2.75) is 45.4 Å². The zero-order valence-electron chi connectivity index (χ0n) is 18.4. The number of anilines is 1. The van der Waals surface area contributed by atoms with Crippen molar-refractivity contribution in [3.05, 3.63) is 51.3 Å². The van der Waals surface area contributed by atoms with Crippen molar-refractivity contribution in [2.24, 2.45) is 0 Å². The first kappa shape index (κ1) is 21.3. The fraction of sp³-hybridized carbons (Fsp3) is 0.440. The Morgan fingerprint density at radius 3 is 2.78 bits per heavy atom. The first-order chi connectivity index (χ1) is 15.5. The molecule has 0 saturated carbocycles. The maximum absolute atomic E-state index is 13.1. The summed E-state index contributed by atoms with van der Waals surface area (Å²) in [5.74, 6) is -0.129. The Bertz CT molecular complexity index is 1110. The van der Waals surface area contributed by atoms with E-state index < -0.39 is 0 Å². The molecule has 32 heavy (non-hydrogen) atoms. The number of fused-ring (bicyclic) bond motifs is 2. The van der Waals surface area contributed by atoms with Crippen molar-refractivity contribution < 1.29 is 9.59 Å². The lowest BCUT2D eigenvalue weighted by Crippen LogP contribution is -2.38. The van der Waals surface area contributed by atoms with Crippen LogP contribution in [0.25, 0.3) is 11.1 Å². The van der Waals surface area contributed by atoms with Crippen molar-refractivity contribution in [3.63, 3.8) is 0 Å². The number of aromatic amines is 1. The molecular weight excluding hydrogens is 424 g/mol. The number of hydrogen-bond acceptors (Lipinski definition) is 3. The number of nitrogens with one attached hydrogen (secondary N) is 3. The number of aromatic nitrogens is 1. The molecule has 3 N–H and O–H groups in total. The maximum Gasteiger partial charge on any atom is 0.256 e. The SMILES string of the molecule is Cc1[nH]c2c(c1C(=O)NCCN1CCCCC1)CCC/C2=C1/C(=O)Nc2cc(Cl)ccc21. The topological polar surface area (TPSA) is 77.2 Å². The van der Waals surface area contributed by atoms with Crippen LogP contribution < -0.4 is 10.6 Å². The number of carbonyl (C=O) groups excluding carboxylic acids is 2. The van der Waals surface area contributed by atoms with Gasteiger partial charge in [-0.2, -0.15) is 0 Å². The van der Waals surface area contributed by atoms with E-state index >= 15 is 0 Å². The molecule has 0 bridgehead atoms. The average molecular weight is 453 g/mol. The Balaban J connectivity index is 1.42. The largest absolute Gasteiger partial charge is 0.358 e. The lowest BCUT2D eigenvalue weighted by atomic mass is 9.86. The Hall–Kier alpha value is -2.57. The van der Waals surface area contributed by atoms with Crippen LogP contribution >= 0.6 is 11.6 Å². The van der Waals surface area contributed by atoms with E-state index in [1.807, 2.05) is 19.1 Å². The molecule has 2 aliphatic heterocycles. The highest BCUT2D eigenvalue weighted by atomic mass is 35.5. The third-order valence-electron chi connectivity index (χ3n) is 6.86. The molecule has 1 aromatic carbocycles. The summed E-state index contributed by atoms with van der Waals surface area (Å²) in [5, 5.41) is 6.66. The van der Waals surface area contributed by atoms with E-state index in [1.165, 1.54) is 19.3 Å². The number of allylic oxidation sites excluding steroid dienone is 1. The van der Waals surface area contributed by atoms with Crippen LogP contribution in [0.1, 0.15) is 65.0 Å². The lowest BCUT2D eigenvalue weighted by Gasteiger charge is -2.26. The van der Waals surface area contributed by atoms with E-state index in [9.17, 15) is 9.59 Å². The van der Waals surface area contributed by atoms with Gasteiger partial charge in [-0.3, -0.25) is 9.59 Å². The van der Waals surface area contributed by atoms with Crippen LogP contribution in [0.15, 0.2) is 18.2 Å². The molecule has 3 heterocycles. The number of rotatable bonds is 4. The van der Waals surface area contributed by atoms with Crippen LogP contribution in [0.4, 0.5) is 5.69 Å². The number of hydrogen-bond donors (Lipinski definition) is 3. The highest BCUT2D eigenvalue weighted by Gasteiger charge is 2.33. The predicted octanol–water partition coefficient (Wildman–Crippen LogP) is 4.39. The molecule has 0 radical (unpaired) electrons. The zero-order valence-corrected chi connectivity index (χ0v) is 19.2. The molecule has 2 amide bonds. The molecule has 0 unspecified atom stereocenters. The minimum Gasteiger partial charge on any atom is -0.358 e. The van der Waals surface area contributed by atoms with Gasteiger partial charge in [-0.15, -0.1) is 0 Å². The first-order valence-corrected chi connectivity index (χ1v) is 12.0. The summed E-state index contributed by atoms with van der Waals surface area (Å²) < 4.78 is 0. The molecule has 1 aromatic heterocycles. The summed E-state index contributed by atoms with van der Waals surface area (Å²) in [6, 6.07) is 5.50. The molecule has 6 nitrogen and oxygen atoms in total. The molecule has 0 spiro atoms. The quantitative estimate of drug-likeness (QED) is 0.602. The third kappa shape index (κ3) is 3.86. The van der Waals surface area contributed by atoms with Crippen molar-refractivity contribution >= 4 is 40.2 Å². The monoisotopic (exact) mass is 452 g/mol. The van der Waals surface area contributed by atoms with Crippen LogP contribution in [-0.4, -0.2) is 47.9 Å². The zero-order chi connectivity index (χ0) is 22.2. The van der Waals surface area contributed by atoms with Gasteiger partial charge in [0, 0.05) is 35.1 Å². The van der Waals surface area contributed by atoms with Crippen LogP contribution in [0.2, 0.25) is 5.02 Å². The summed E-state index contributed by atoms with van der Waals surface area (Å²) in [7, 11) is 0. The van der Waals surface area contributed by atoms with Gasteiger partial charge in [0.1, 0.15) is 0 Å². The van der Waals surface area contributed by atoms with Crippen molar-refractivity contribution in [1.82, 2.24) is 15.2 Å². The number of amides is 2. The summed E-state index contributed by atoms with van der Waals surface area (Å²) in [4.78, 5) is 31.8. The maximum atomic E-state index is 13.1. The van der Waals surface area contributed by atoms with Gasteiger partial charge in [-0.1, -0.05) is 24.1 Å². The standard InChI is InChI=1S/C25H29ClN4O2/c1-15-21(24(31)27-10-13-30-11-3-2-4-12-30)18-6-5-7-19(23(18)28-15)22-17-9-8-16(26)14-20(17)29-25(22)32/h8-9,14,28H,2-7,10-13H2,1H3,(H,27,31)(H,29,32)/b22-19-. The molecule has 1 fully saturated rings. The van der Waals surface area contributed by atoms with E-state index in [4.69, 9.17) is 11.6 Å². The number of aryl methyl sites for hydroxylation is 1. The van der Waals surface area contributed by atoms with E-state index in [1.54, 1.807) is 6.07 Å². The molecule has 5 rings (SSSR count). The second-order valence-corrected chi connectivity index (χ2v) is 9.42. The number of H-pyrrole nitrogens is 1. The van der Waals surface area contributed by atoms with Gasteiger partial charge in [-0.25, -0.2) is 0 Å². The van der Waals surface area contributed by atoms with Crippen molar-refractivity contribution in [1.29, 1.82) is 0 Å². The summed E-state index contributed by atoms with van der Waals surface area (Å²) in [6.45, 7) is 5.75. The average Bonchev–Trinajstić information content (AvgIpc) is 3.29. The Kier molecular flexibility index (Phi) is 5.82. The summed E-state index contributed by atoms with van der Waals surface area (Å²) >= 11 is 6.11. The van der Waals surface area contributed by atoms with Crippen LogP contribution in [-0.2, 0) is 11.2 Å². The second-order valence-electron chi connectivity index (χ2n) is 8.99. The van der Waals surface area contributed by atoms with Crippen LogP contribution in [0, 0.1) is 6.92 Å². The van der Waals surface area contributed by atoms with Gasteiger partial charge < -0.3 is 20.5 Å². The Morgan fingerprint density at radius 2 is 1.97 bits per heavy atom. The second kappa shape index (κ2) is 8.75. The number of carbonyl (C=O) groups is 2. The highest BCUT2D eigenvalue weighted by Crippen LogP contribution is 2.43.